The number of carbonyl (C=O) groups excluding carboxylic acids is 4. The number of carbonyl (C=O) groups is 4. The molecule has 6 aromatic rings. The Hall–Kier alpha value is -6.70. The molecule has 62 heavy (non-hydrogen) atoms. The van der Waals surface area contributed by atoms with Crippen molar-refractivity contribution in [2.45, 2.75) is 103 Å². The molecule has 4 amide bonds. The topological polar surface area (TPSA) is 175 Å². The van der Waals surface area contributed by atoms with Crippen molar-refractivity contribution in [2.24, 2.45) is 0 Å². The van der Waals surface area contributed by atoms with Gasteiger partial charge in [0, 0.05) is 13.1 Å². The second-order valence-electron chi connectivity index (χ2n) is 18.1. The second-order valence-corrected chi connectivity index (χ2v) is 18.1. The van der Waals surface area contributed by atoms with Crippen molar-refractivity contribution in [1.29, 1.82) is 0 Å². The van der Waals surface area contributed by atoms with E-state index in [4.69, 9.17) is 19.4 Å². The van der Waals surface area contributed by atoms with Gasteiger partial charge >= 0.3 is 12.2 Å². The standard InChI is InChI=1S/C48H54N8O6/c1-47(2,3)61-45(59)53-39(29-15-9-7-10-16-29)43(57)55-25-13-19-37(55)41-49-33-23-21-31(27-35(33)51-41)32-22-24-34-36(28-32)52-42(50-34)38-20-14-26-56(38)44(58)40(30-17-11-8-12-18-30)54-46(60)62-48(4,5)6/h7-12,15-18,21-24,27-28,37-40H,13-14,19-20,25-26H2,1-6H3,(H,49,51)(H,50,52)(H,53,59)(H,54,60)/t37-,38-,39-,40+/m0/s1. The minimum Gasteiger partial charge on any atom is -0.444 e. The van der Waals surface area contributed by atoms with Crippen LogP contribution in [0.1, 0.15) is 114 Å². The van der Waals surface area contributed by atoms with E-state index >= 15 is 0 Å². The molecule has 0 bridgehead atoms. The monoisotopic (exact) mass is 838 g/mol. The Balaban J connectivity index is 1.01. The number of benzene rings is 4. The summed E-state index contributed by atoms with van der Waals surface area (Å²) in [5.41, 5.74) is 5.05. The van der Waals surface area contributed by atoms with E-state index in [1.807, 2.05) is 84.9 Å². The Morgan fingerprint density at radius 1 is 0.597 bits per heavy atom. The highest BCUT2D eigenvalue weighted by atomic mass is 16.6. The van der Waals surface area contributed by atoms with Crippen molar-refractivity contribution in [3.63, 3.8) is 0 Å². The number of imidazole rings is 2. The molecule has 4 heterocycles. The van der Waals surface area contributed by atoms with Crippen LogP contribution < -0.4 is 10.6 Å². The Labute approximate surface area is 360 Å². The van der Waals surface area contributed by atoms with Gasteiger partial charge in [-0.05, 0) is 114 Å². The number of H-pyrrole nitrogens is 2. The Morgan fingerprint density at radius 2 is 0.984 bits per heavy atom. The minimum absolute atomic E-state index is 0.225. The maximum Gasteiger partial charge on any atom is 0.408 e. The summed E-state index contributed by atoms with van der Waals surface area (Å²) in [6.07, 6.45) is 1.72. The summed E-state index contributed by atoms with van der Waals surface area (Å²) in [5, 5.41) is 5.65. The lowest BCUT2D eigenvalue weighted by atomic mass is 10.0. The third-order valence-corrected chi connectivity index (χ3v) is 11.1. The molecule has 0 aliphatic carbocycles. The molecule has 2 saturated heterocycles. The van der Waals surface area contributed by atoms with Gasteiger partial charge in [0.25, 0.3) is 11.8 Å². The molecular formula is C48H54N8O6. The van der Waals surface area contributed by atoms with Gasteiger partial charge in [0.1, 0.15) is 34.9 Å². The van der Waals surface area contributed by atoms with Crippen molar-refractivity contribution in [3.8, 4) is 11.1 Å². The molecule has 0 unspecified atom stereocenters. The number of likely N-dealkylation sites (tertiary alicyclic amines) is 2. The molecule has 2 aromatic heterocycles. The lowest BCUT2D eigenvalue weighted by Crippen LogP contribution is -2.44. The van der Waals surface area contributed by atoms with Gasteiger partial charge in [0.05, 0.1) is 34.2 Å². The van der Waals surface area contributed by atoms with Crippen LogP contribution in [0.15, 0.2) is 97.1 Å². The molecule has 4 atom stereocenters. The number of ether oxygens (including phenoxy) is 2. The fourth-order valence-corrected chi connectivity index (χ4v) is 8.41. The highest BCUT2D eigenvalue weighted by Gasteiger charge is 2.39. The first kappa shape index (κ1) is 42.0. The summed E-state index contributed by atoms with van der Waals surface area (Å²) < 4.78 is 11.1. The zero-order valence-corrected chi connectivity index (χ0v) is 36.0. The van der Waals surface area contributed by atoms with E-state index in [9.17, 15) is 19.2 Å². The van der Waals surface area contributed by atoms with Gasteiger partial charge in [-0.15, -0.1) is 0 Å². The number of hydrogen-bond acceptors (Lipinski definition) is 8. The number of fused-ring (bicyclic) bond motifs is 2. The molecule has 14 nitrogen and oxygen atoms in total. The van der Waals surface area contributed by atoms with Crippen molar-refractivity contribution >= 4 is 46.1 Å². The number of amides is 4. The van der Waals surface area contributed by atoms with E-state index in [-0.39, 0.29) is 23.9 Å². The van der Waals surface area contributed by atoms with Gasteiger partial charge in [0.15, 0.2) is 0 Å². The smallest absolute Gasteiger partial charge is 0.408 e. The fraction of sp³-hybridized carbons (Fsp3) is 0.375. The van der Waals surface area contributed by atoms with Crippen LogP contribution >= 0.6 is 0 Å². The van der Waals surface area contributed by atoms with Crippen LogP contribution in [0.2, 0.25) is 0 Å². The number of nitrogens with one attached hydrogen (secondary N) is 4. The fourth-order valence-electron chi connectivity index (χ4n) is 8.41. The maximum atomic E-state index is 14.3. The predicted octanol–water partition coefficient (Wildman–Crippen LogP) is 8.97. The molecule has 0 saturated carbocycles. The molecule has 0 spiro atoms. The van der Waals surface area contributed by atoms with E-state index in [2.05, 4.69) is 32.7 Å². The first-order valence-electron chi connectivity index (χ1n) is 21.3. The Morgan fingerprint density at radius 3 is 1.35 bits per heavy atom. The summed E-state index contributed by atoms with van der Waals surface area (Å²) in [5.74, 6) is 0.924. The van der Waals surface area contributed by atoms with Crippen molar-refractivity contribution in [2.75, 3.05) is 13.1 Å². The SMILES string of the molecule is CC(C)(C)OC(=O)N[C@H](C(=O)N1CCC[C@H]1c1nc2ccc(-c3ccc4nc([C@@H]5CCCN5C(=O)[C@H](NC(=O)OC(C)(C)C)c5ccccc5)[nH]c4c3)cc2[nH]1)c1ccccc1. The van der Waals surface area contributed by atoms with Crippen LogP contribution in [0.4, 0.5) is 9.59 Å². The highest BCUT2D eigenvalue weighted by Crippen LogP contribution is 2.37. The number of hydrogen-bond donors (Lipinski definition) is 4. The van der Waals surface area contributed by atoms with Gasteiger partial charge in [0.2, 0.25) is 0 Å². The number of rotatable bonds is 9. The van der Waals surface area contributed by atoms with Crippen molar-refractivity contribution < 1.29 is 28.7 Å². The average Bonchev–Trinajstić information content (AvgIpc) is 4.06. The number of alkyl carbamates (subject to hydrolysis) is 2. The molecule has 322 valence electrons. The highest BCUT2D eigenvalue weighted by molar-refractivity contribution is 5.90. The van der Waals surface area contributed by atoms with E-state index < -0.39 is 35.5 Å². The summed E-state index contributed by atoms with van der Waals surface area (Å²) in [6, 6.07) is 28.1. The van der Waals surface area contributed by atoms with Gasteiger partial charge in [-0.3, -0.25) is 9.59 Å². The lowest BCUT2D eigenvalue weighted by molar-refractivity contribution is -0.135. The third-order valence-electron chi connectivity index (χ3n) is 11.1. The van der Waals surface area contributed by atoms with E-state index in [0.717, 1.165) is 58.9 Å². The zero-order valence-electron chi connectivity index (χ0n) is 36.0. The molecule has 4 N–H and O–H groups in total. The molecule has 4 aromatic carbocycles. The number of aromatic amines is 2. The van der Waals surface area contributed by atoms with E-state index in [0.29, 0.717) is 35.9 Å². The Bertz CT molecular complexity index is 2410. The molecular weight excluding hydrogens is 785 g/mol. The predicted molar refractivity (Wildman–Crippen MR) is 236 cm³/mol. The van der Waals surface area contributed by atoms with Crippen LogP contribution in [0, 0.1) is 0 Å². The van der Waals surface area contributed by atoms with Crippen molar-refractivity contribution in [3.05, 3.63) is 120 Å². The quantitative estimate of drug-likeness (QED) is 0.112. The van der Waals surface area contributed by atoms with E-state index in [1.165, 1.54) is 0 Å². The van der Waals surface area contributed by atoms with Crippen LogP contribution in [0.3, 0.4) is 0 Å². The Kier molecular flexibility index (Phi) is 11.5. The maximum absolute atomic E-state index is 14.3. The molecule has 2 aliphatic rings. The average molecular weight is 839 g/mol. The summed E-state index contributed by atoms with van der Waals surface area (Å²) >= 11 is 0. The van der Waals surface area contributed by atoms with Gasteiger partial charge < -0.3 is 39.9 Å². The van der Waals surface area contributed by atoms with E-state index in [1.54, 1.807) is 51.3 Å². The van der Waals surface area contributed by atoms with Crippen molar-refractivity contribution in [1.82, 2.24) is 40.4 Å². The molecule has 0 radical (unpaired) electrons. The first-order chi connectivity index (χ1) is 29.6. The number of nitrogens with zero attached hydrogens (tertiary/aromatic N) is 4. The normalized spacial score (nSPS) is 17.8. The summed E-state index contributed by atoms with van der Waals surface area (Å²) in [6.45, 7) is 11.8. The van der Waals surface area contributed by atoms with Gasteiger partial charge in [-0.25, -0.2) is 19.6 Å². The van der Waals surface area contributed by atoms with Gasteiger partial charge in [-0.2, -0.15) is 0 Å². The summed E-state index contributed by atoms with van der Waals surface area (Å²) in [4.78, 5) is 74.9. The van der Waals surface area contributed by atoms with Crippen LogP contribution in [0.25, 0.3) is 33.2 Å². The first-order valence-corrected chi connectivity index (χ1v) is 21.3. The molecule has 8 rings (SSSR count). The minimum atomic E-state index is -0.926. The molecule has 2 aliphatic heterocycles. The number of aromatic nitrogens is 4. The molecule has 14 heteroatoms. The summed E-state index contributed by atoms with van der Waals surface area (Å²) in [7, 11) is 0. The van der Waals surface area contributed by atoms with Gasteiger partial charge in [-0.1, -0.05) is 72.8 Å². The lowest BCUT2D eigenvalue weighted by Gasteiger charge is -2.29. The third kappa shape index (κ3) is 9.29. The zero-order chi connectivity index (χ0) is 43.8. The van der Waals surface area contributed by atoms with Crippen LogP contribution in [-0.2, 0) is 19.1 Å². The van der Waals surface area contributed by atoms with Crippen LogP contribution in [-0.4, -0.2) is 78.0 Å². The van der Waals surface area contributed by atoms with Crippen LogP contribution in [0.5, 0.6) is 0 Å². The molecule has 2 fully saturated rings. The second kappa shape index (κ2) is 17.0. The largest absolute Gasteiger partial charge is 0.444 e.